The molecule has 1 saturated heterocycles. The topological polar surface area (TPSA) is 56.6 Å². The van der Waals surface area contributed by atoms with E-state index >= 15 is 0 Å². The van der Waals surface area contributed by atoms with Crippen molar-refractivity contribution < 1.29 is 9.47 Å². The normalized spacial score (nSPS) is 19.9. The Morgan fingerprint density at radius 1 is 1.85 bits per heavy atom. The first kappa shape index (κ1) is 8.25. The van der Waals surface area contributed by atoms with Crippen molar-refractivity contribution in [2.24, 2.45) is 0 Å². The molecule has 0 aromatic carbocycles. The van der Waals surface area contributed by atoms with E-state index in [4.69, 9.17) is 9.47 Å². The van der Waals surface area contributed by atoms with E-state index < -0.39 is 0 Å². The molecule has 0 aliphatic carbocycles. The van der Waals surface area contributed by atoms with E-state index in [9.17, 15) is 4.79 Å². The minimum atomic E-state index is -0.296. The number of ether oxygens (including phenoxy) is 2. The van der Waals surface area contributed by atoms with Crippen molar-refractivity contribution in [1.82, 2.24) is 9.55 Å². The summed E-state index contributed by atoms with van der Waals surface area (Å²) in [5, 5.41) is 0. The van der Waals surface area contributed by atoms with Crippen LogP contribution in [0.2, 0.25) is 0 Å². The largest absolute Gasteiger partial charge is 0.481 e. The van der Waals surface area contributed by atoms with Gasteiger partial charge in [-0.05, 0) is 0 Å². The zero-order valence-corrected chi connectivity index (χ0v) is 7.27. The molecule has 0 bridgehead atoms. The molecule has 1 atom stereocenters. The molecule has 1 aliphatic heterocycles. The maximum Gasteiger partial charge on any atom is 0.350 e. The average molecular weight is 182 g/mol. The van der Waals surface area contributed by atoms with Crippen LogP contribution in [-0.4, -0.2) is 29.4 Å². The third kappa shape index (κ3) is 1.86. The minimum Gasteiger partial charge on any atom is -0.481 e. The Bertz CT molecular complexity index is 357. The first-order chi connectivity index (χ1) is 6.29. The second kappa shape index (κ2) is 3.18. The Balaban J connectivity index is 2.20. The Kier molecular flexibility index (Phi) is 2.02. The highest BCUT2D eigenvalue weighted by molar-refractivity contribution is 5.05. The van der Waals surface area contributed by atoms with Gasteiger partial charge in [0.1, 0.15) is 0 Å². The zero-order chi connectivity index (χ0) is 9.26. The highest BCUT2D eigenvalue weighted by atomic mass is 16.6. The summed E-state index contributed by atoms with van der Waals surface area (Å²) in [7, 11) is 1.48. The van der Waals surface area contributed by atoms with Gasteiger partial charge in [0, 0.05) is 12.3 Å². The van der Waals surface area contributed by atoms with Gasteiger partial charge in [0.2, 0.25) is 5.88 Å². The molecule has 0 N–H and O–H groups in total. The van der Waals surface area contributed by atoms with Crippen molar-refractivity contribution in [1.29, 1.82) is 0 Å². The molecule has 1 fully saturated rings. The highest BCUT2D eigenvalue weighted by Crippen LogP contribution is 2.10. The van der Waals surface area contributed by atoms with Crippen LogP contribution in [0.5, 0.6) is 5.88 Å². The molecule has 2 rings (SSSR count). The van der Waals surface area contributed by atoms with E-state index in [1.165, 1.54) is 11.7 Å². The van der Waals surface area contributed by atoms with Crippen LogP contribution in [0.4, 0.5) is 0 Å². The van der Waals surface area contributed by atoms with Crippen LogP contribution in [0, 0.1) is 0 Å². The number of nitrogens with zero attached hydrogens (tertiary/aromatic N) is 2. The summed E-state index contributed by atoms with van der Waals surface area (Å²) >= 11 is 0. The summed E-state index contributed by atoms with van der Waals surface area (Å²) in [6.45, 7) is 1.31. The third-order valence-corrected chi connectivity index (χ3v) is 1.86. The van der Waals surface area contributed by atoms with Gasteiger partial charge in [0.05, 0.1) is 26.4 Å². The van der Waals surface area contributed by atoms with Crippen LogP contribution < -0.4 is 10.4 Å². The lowest BCUT2D eigenvalue weighted by atomic mass is 10.4. The van der Waals surface area contributed by atoms with Gasteiger partial charge >= 0.3 is 5.69 Å². The van der Waals surface area contributed by atoms with Crippen molar-refractivity contribution in [2.45, 2.75) is 12.6 Å². The Hall–Kier alpha value is -1.36. The molecule has 2 heterocycles. The van der Waals surface area contributed by atoms with E-state index in [1.807, 2.05) is 0 Å². The molecule has 1 aliphatic rings. The number of rotatable bonds is 3. The first-order valence-corrected chi connectivity index (χ1v) is 4.02. The van der Waals surface area contributed by atoms with Gasteiger partial charge in [-0.3, -0.25) is 4.57 Å². The summed E-state index contributed by atoms with van der Waals surface area (Å²) in [6.07, 6.45) is 1.85. The zero-order valence-electron chi connectivity index (χ0n) is 7.27. The second-order valence-corrected chi connectivity index (χ2v) is 2.86. The van der Waals surface area contributed by atoms with E-state index in [0.29, 0.717) is 12.4 Å². The summed E-state index contributed by atoms with van der Waals surface area (Å²) in [4.78, 5) is 15.0. The molecule has 13 heavy (non-hydrogen) atoms. The van der Waals surface area contributed by atoms with Crippen molar-refractivity contribution in [3.63, 3.8) is 0 Å². The van der Waals surface area contributed by atoms with Crippen LogP contribution in [0.15, 0.2) is 17.1 Å². The lowest BCUT2D eigenvalue weighted by Crippen LogP contribution is -2.24. The Labute approximate surface area is 74.9 Å². The van der Waals surface area contributed by atoms with Crippen LogP contribution in [0.1, 0.15) is 0 Å². The smallest absolute Gasteiger partial charge is 0.350 e. The Morgan fingerprint density at radius 3 is 3.15 bits per heavy atom. The molecule has 0 unspecified atom stereocenters. The molecule has 70 valence electrons. The van der Waals surface area contributed by atoms with Crippen molar-refractivity contribution in [2.75, 3.05) is 13.7 Å². The monoisotopic (exact) mass is 182 g/mol. The maximum absolute atomic E-state index is 11.3. The predicted molar refractivity (Wildman–Crippen MR) is 44.8 cm³/mol. The van der Waals surface area contributed by atoms with Gasteiger partial charge < -0.3 is 9.47 Å². The average Bonchev–Trinajstić information content (AvgIpc) is 2.92. The summed E-state index contributed by atoms with van der Waals surface area (Å²) in [5.74, 6) is 0.345. The van der Waals surface area contributed by atoms with E-state index in [0.717, 1.165) is 6.61 Å². The number of methoxy groups -OCH3 is 1. The number of hydrogen-bond donors (Lipinski definition) is 0. The third-order valence-electron chi connectivity index (χ3n) is 1.86. The molecule has 5 nitrogen and oxygen atoms in total. The Morgan fingerprint density at radius 2 is 2.62 bits per heavy atom. The highest BCUT2D eigenvalue weighted by Gasteiger charge is 2.23. The summed E-state index contributed by atoms with van der Waals surface area (Å²) in [6, 6.07) is 1.66. The number of aromatic nitrogens is 2. The van der Waals surface area contributed by atoms with E-state index in [2.05, 4.69) is 4.98 Å². The molecule has 0 saturated carbocycles. The first-order valence-electron chi connectivity index (χ1n) is 4.02. The maximum atomic E-state index is 11.3. The molecular formula is C8H10N2O3. The van der Waals surface area contributed by atoms with Gasteiger partial charge in [-0.15, -0.1) is 0 Å². The standard InChI is InChI=1S/C8H10N2O3/c1-12-7-2-3-10(8(11)9-7)4-6-5-13-6/h2-3,6H,4-5H2,1H3/t6-/m0/s1. The molecule has 0 spiro atoms. The molecule has 0 amide bonds. The van der Waals surface area contributed by atoms with Crippen LogP contribution in [-0.2, 0) is 11.3 Å². The van der Waals surface area contributed by atoms with E-state index in [1.54, 1.807) is 12.3 Å². The predicted octanol–water partition coefficient (Wildman–Crippen LogP) is -0.349. The molecule has 1 aromatic heterocycles. The fraction of sp³-hybridized carbons (Fsp3) is 0.500. The second-order valence-electron chi connectivity index (χ2n) is 2.86. The minimum absolute atomic E-state index is 0.188. The van der Waals surface area contributed by atoms with Gasteiger partial charge in [-0.25, -0.2) is 4.79 Å². The molecular weight excluding hydrogens is 172 g/mol. The van der Waals surface area contributed by atoms with Crippen molar-refractivity contribution in [3.05, 3.63) is 22.7 Å². The van der Waals surface area contributed by atoms with Gasteiger partial charge in [0.25, 0.3) is 0 Å². The quantitative estimate of drug-likeness (QED) is 0.599. The molecule has 1 aromatic rings. The summed E-state index contributed by atoms with van der Waals surface area (Å²) in [5.41, 5.74) is -0.296. The van der Waals surface area contributed by atoms with Crippen LogP contribution in [0.3, 0.4) is 0 Å². The van der Waals surface area contributed by atoms with Crippen LogP contribution >= 0.6 is 0 Å². The fourth-order valence-corrected chi connectivity index (χ4v) is 1.06. The number of hydrogen-bond acceptors (Lipinski definition) is 4. The lowest BCUT2D eigenvalue weighted by Gasteiger charge is -2.02. The van der Waals surface area contributed by atoms with Crippen LogP contribution in [0.25, 0.3) is 0 Å². The van der Waals surface area contributed by atoms with Crippen molar-refractivity contribution >= 4 is 0 Å². The molecule has 0 radical (unpaired) electrons. The molecule has 5 heteroatoms. The fourth-order valence-electron chi connectivity index (χ4n) is 1.06. The van der Waals surface area contributed by atoms with E-state index in [-0.39, 0.29) is 11.8 Å². The van der Waals surface area contributed by atoms with Crippen molar-refractivity contribution in [3.8, 4) is 5.88 Å². The summed E-state index contributed by atoms with van der Waals surface area (Å²) < 4.78 is 11.3. The van der Waals surface area contributed by atoms with Gasteiger partial charge in [-0.1, -0.05) is 0 Å². The van der Waals surface area contributed by atoms with Gasteiger partial charge in [0.15, 0.2) is 0 Å². The van der Waals surface area contributed by atoms with Gasteiger partial charge in [-0.2, -0.15) is 4.98 Å². The lowest BCUT2D eigenvalue weighted by molar-refractivity contribution is 0.370. The number of epoxide rings is 1. The SMILES string of the molecule is COc1ccn(C[C@H]2CO2)c(=O)n1.